The normalized spacial score (nSPS) is 17.8. The molecule has 1 aliphatic rings. The Hall–Kier alpha value is -4.06. The molecule has 1 aliphatic heterocycles. The third-order valence-corrected chi connectivity index (χ3v) is 9.79. The number of urea groups is 1. The predicted octanol–water partition coefficient (Wildman–Crippen LogP) is 7.34. The van der Waals surface area contributed by atoms with Crippen LogP contribution in [0.4, 0.5) is 4.79 Å². The maximum absolute atomic E-state index is 12.4. The Morgan fingerprint density at radius 2 is 1.54 bits per heavy atom. The Morgan fingerprint density at radius 3 is 2.28 bits per heavy atom. The maximum Gasteiger partial charge on any atom is 0.315 e. The molecule has 5 aromatic rings. The van der Waals surface area contributed by atoms with Gasteiger partial charge in [0.2, 0.25) is 0 Å². The number of thioether (sulfide) groups is 1. The first kappa shape index (κ1) is 31.9. The summed E-state index contributed by atoms with van der Waals surface area (Å²) in [6.07, 6.45) is -0.0926. The summed E-state index contributed by atoms with van der Waals surface area (Å²) in [5.41, 5.74) is 6.97. The number of rotatable bonds is 11. The molecular weight excluding hydrogens is 617 g/mol. The summed E-state index contributed by atoms with van der Waals surface area (Å²) in [4.78, 5) is 12.4. The van der Waals surface area contributed by atoms with Gasteiger partial charge in [-0.25, -0.2) is 4.79 Å². The van der Waals surface area contributed by atoms with Gasteiger partial charge < -0.3 is 25.2 Å². The number of hydrogen-bond donors (Lipinski definition) is 3. The van der Waals surface area contributed by atoms with Gasteiger partial charge in [-0.3, -0.25) is 0 Å². The van der Waals surface area contributed by atoms with Gasteiger partial charge in [-0.15, -0.1) is 10.2 Å². The van der Waals surface area contributed by atoms with E-state index in [4.69, 9.17) is 9.47 Å². The van der Waals surface area contributed by atoms with E-state index in [1.165, 1.54) is 0 Å². The number of benzene rings is 4. The number of aliphatic hydroxyl groups is 1. The van der Waals surface area contributed by atoms with Crippen LogP contribution in [-0.4, -0.2) is 33.2 Å². The fraction of sp³-hybridized carbons (Fsp3) is 0.250. The van der Waals surface area contributed by atoms with E-state index < -0.39 is 6.29 Å². The van der Waals surface area contributed by atoms with Crippen LogP contribution in [0.1, 0.15) is 51.6 Å². The fourth-order valence-electron chi connectivity index (χ4n) is 5.27. The lowest BCUT2D eigenvalue weighted by Crippen LogP contribution is -2.34. The first-order chi connectivity index (χ1) is 22.5. The highest BCUT2D eigenvalue weighted by Gasteiger charge is 2.32. The summed E-state index contributed by atoms with van der Waals surface area (Å²) in [5, 5.41) is 24.7. The Bertz CT molecular complexity index is 1730. The van der Waals surface area contributed by atoms with Crippen molar-refractivity contribution >= 4 is 29.1 Å². The molecule has 4 aromatic carbocycles. The lowest BCUT2D eigenvalue weighted by Gasteiger charge is -2.36. The van der Waals surface area contributed by atoms with Gasteiger partial charge in [0.15, 0.2) is 10.6 Å². The molecular formula is C36H36N4O4S2. The number of nitrogens with one attached hydrogen (secondary N) is 2. The van der Waals surface area contributed by atoms with Crippen molar-refractivity contribution in [2.45, 2.75) is 55.9 Å². The van der Waals surface area contributed by atoms with Gasteiger partial charge in [0.25, 0.3) is 0 Å². The van der Waals surface area contributed by atoms with E-state index in [0.29, 0.717) is 19.5 Å². The van der Waals surface area contributed by atoms with Crippen LogP contribution < -0.4 is 10.6 Å². The first-order valence-corrected chi connectivity index (χ1v) is 17.0. The number of hydrogen-bond acceptors (Lipinski definition) is 8. The Balaban J connectivity index is 1.15. The molecule has 0 radical (unpaired) electrons. The van der Waals surface area contributed by atoms with E-state index in [0.717, 1.165) is 54.0 Å². The van der Waals surface area contributed by atoms with Gasteiger partial charge in [0.1, 0.15) is 5.01 Å². The van der Waals surface area contributed by atoms with Crippen molar-refractivity contribution in [2.75, 3.05) is 5.75 Å². The number of amides is 2. The number of aryl methyl sites for hydroxylation is 1. The summed E-state index contributed by atoms with van der Waals surface area (Å²) in [5.74, 6) is 0.730. The third kappa shape index (κ3) is 8.60. The van der Waals surface area contributed by atoms with Crippen molar-refractivity contribution in [3.8, 4) is 11.1 Å². The topological polar surface area (TPSA) is 106 Å². The van der Waals surface area contributed by atoms with E-state index in [2.05, 4.69) is 45.1 Å². The standard InChI is InChI=1S/C36H36N4O4S2/c1-24-39-40-36(46-24)45-23-32-19-33(28-15-13-26(22-41)14-16-28)44-34(43-32)31-12-6-11-30(18-31)29-10-5-9-27(17-29)21-38-35(42)37-20-25-7-3-2-4-8-25/h2-18,32-34,41H,19-23H2,1H3,(H2,37,38,42). The van der Waals surface area contributed by atoms with Crippen LogP contribution in [0.3, 0.4) is 0 Å². The van der Waals surface area contributed by atoms with Crippen molar-refractivity contribution in [1.29, 1.82) is 0 Å². The van der Waals surface area contributed by atoms with Gasteiger partial charge in [-0.1, -0.05) is 114 Å². The molecule has 2 amide bonds. The zero-order valence-corrected chi connectivity index (χ0v) is 27.1. The lowest BCUT2D eigenvalue weighted by molar-refractivity contribution is -0.245. The van der Waals surface area contributed by atoms with Gasteiger partial charge in [-0.05, 0) is 52.4 Å². The minimum absolute atomic E-state index is 0.00355. The molecule has 236 valence electrons. The van der Waals surface area contributed by atoms with E-state index in [9.17, 15) is 9.90 Å². The highest BCUT2D eigenvalue weighted by molar-refractivity contribution is 8.01. The SMILES string of the molecule is Cc1nnc(SCC2CC(c3ccc(CO)cc3)OC(c3cccc(-c4cccc(CNC(=O)NCc5ccccc5)c4)c3)O2)s1. The molecule has 10 heteroatoms. The highest BCUT2D eigenvalue weighted by Crippen LogP contribution is 2.40. The van der Waals surface area contributed by atoms with E-state index in [-0.39, 0.29) is 24.8 Å². The van der Waals surface area contributed by atoms with Crippen LogP contribution in [0.5, 0.6) is 0 Å². The average Bonchev–Trinajstić information content (AvgIpc) is 3.54. The molecule has 3 atom stereocenters. The quantitative estimate of drug-likeness (QED) is 0.128. The minimum atomic E-state index is -0.559. The monoisotopic (exact) mass is 652 g/mol. The smallest absolute Gasteiger partial charge is 0.315 e. The molecule has 0 spiro atoms. The molecule has 1 fully saturated rings. The van der Waals surface area contributed by atoms with Gasteiger partial charge >= 0.3 is 6.03 Å². The number of nitrogens with zero attached hydrogens (tertiary/aromatic N) is 2. The van der Waals surface area contributed by atoms with Gasteiger partial charge in [-0.2, -0.15) is 0 Å². The molecule has 3 unspecified atom stereocenters. The number of carbonyl (C=O) groups excluding carboxylic acids is 1. The van der Waals surface area contributed by atoms with E-state index in [1.807, 2.05) is 85.8 Å². The second-order valence-corrected chi connectivity index (χ2v) is 13.5. The zero-order chi connectivity index (χ0) is 31.7. The van der Waals surface area contributed by atoms with Gasteiger partial charge in [0, 0.05) is 30.8 Å². The van der Waals surface area contributed by atoms with Crippen molar-refractivity contribution in [3.63, 3.8) is 0 Å². The summed E-state index contributed by atoms with van der Waals surface area (Å²) in [6, 6.07) is 33.9. The van der Waals surface area contributed by atoms with Crippen LogP contribution in [0.15, 0.2) is 107 Å². The van der Waals surface area contributed by atoms with Crippen LogP contribution in [0.2, 0.25) is 0 Å². The van der Waals surface area contributed by atoms with Gasteiger partial charge in [0.05, 0.1) is 18.8 Å². The van der Waals surface area contributed by atoms with E-state index in [1.54, 1.807) is 23.1 Å². The molecule has 3 N–H and O–H groups in total. The fourth-order valence-corrected chi connectivity index (χ4v) is 7.13. The molecule has 0 saturated carbocycles. The maximum atomic E-state index is 12.4. The molecule has 6 rings (SSSR count). The third-order valence-electron chi connectivity index (χ3n) is 7.68. The predicted molar refractivity (Wildman–Crippen MR) is 181 cm³/mol. The second-order valence-electron chi connectivity index (χ2n) is 11.1. The van der Waals surface area contributed by atoms with Crippen molar-refractivity contribution in [2.24, 2.45) is 0 Å². The van der Waals surface area contributed by atoms with E-state index >= 15 is 0 Å². The number of carbonyl (C=O) groups is 1. The van der Waals surface area contributed by atoms with Crippen molar-refractivity contribution < 1.29 is 19.4 Å². The highest BCUT2D eigenvalue weighted by atomic mass is 32.2. The molecule has 0 bridgehead atoms. The summed E-state index contributed by atoms with van der Waals surface area (Å²) in [6.45, 7) is 2.84. The zero-order valence-electron chi connectivity index (χ0n) is 25.5. The Morgan fingerprint density at radius 1 is 0.826 bits per heavy atom. The molecule has 1 aromatic heterocycles. The van der Waals surface area contributed by atoms with Crippen molar-refractivity contribution in [1.82, 2.24) is 20.8 Å². The molecule has 0 aliphatic carbocycles. The largest absolute Gasteiger partial charge is 0.392 e. The number of ether oxygens (including phenoxy) is 2. The summed E-state index contributed by atoms with van der Waals surface area (Å²) in [7, 11) is 0. The first-order valence-electron chi connectivity index (χ1n) is 15.2. The number of aromatic nitrogens is 2. The summed E-state index contributed by atoms with van der Waals surface area (Å²) >= 11 is 3.24. The Kier molecular flexibility index (Phi) is 10.7. The minimum Gasteiger partial charge on any atom is -0.392 e. The number of aliphatic hydroxyl groups excluding tert-OH is 1. The molecule has 2 heterocycles. The molecule has 46 heavy (non-hydrogen) atoms. The van der Waals surface area contributed by atoms with Crippen molar-refractivity contribution in [3.05, 3.63) is 136 Å². The average molecular weight is 653 g/mol. The lowest BCUT2D eigenvalue weighted by atomic mass is 9.99. The molecule has 8 nitrogen and oxygen atoms in total. The van der Waals surface area contributed by atoms with Crippen LogP contribution >= 0.6 is 23.1 Å². The van der Waals surface area contributed by atoms with Crippen LogP contribution in [0, 0.1) is 6.92 Å². The summed E-state index contributed by atoms with van der Waals surface area (Å²) < 4.78 is 14.1. The van der Waals surface area contributed by atoms with Crippen LogP contribution in [-0.2, 0) is 29.2 Å². The second kappa shape index (κ2) is 15.5. The molecule has 1 saturated heterocycles. The van der Waals surface area contributed by atoms with Crippen LogP contribution in [0.25, 0.3) is 11.1 Å². The Labute approximate surface area is 277 Å².